The fourth-order valence-electron chi connectivity index (χ4n) is 1.76. The largest absolute Gasteiger partial charge is 0.479 e. The molecule has 0 aromatic carbocycles. The van der Waals surface area contributed by atoms with Crippen molar-refractivity contribution in [2.45, 2.75) is 12.0 Å². The molecule has 0 saturated carbocycles. The number of amides is 1. The first kappa shape index (κ1) is 13.4. The van der Waals surface area contributed by atoms with Crippen LogP contribution in [0.3, 0.4) is 0 Å². The number of carbonyl (C=O) groups excluding carboxylic acids is 1. The Labute approximate surface area is 113 Å². The summed E-state index contributed by atoms with van der Waals surface area (Å²) in [7, 11) is 0. The maximum atomic E-state index is 12.0. The number of hydrogen-bond acceptors (Lipinski definition) is 5. The molecule has 1 aromatic heterocycles. The van der Waals surface area contributed by atoms with Crippen molar-refractivity contribution in [3.8, 4) is 6.07 Å². The molecule has 1 atom stereocenters. The molecule has 1 fully saturated rings. The van der Waals surface area contributed by atoms with E-state index in [1.807, 2.05) is 6.07 Å². The van der Waals surface area contributed by atoms with Crippen LogP contribution in [0.15, 0.2) is 18.3 Å². The third-order valence-electron chi connectivity index (χ3n) is 2.91. The highest BCUT2D eigenvalue weighted by Crippen LogP contribution is 2.28. The molecule has 98 valence electrons. The molecule has 7 heteroatoms. The Bertz CT molecular complexity index is 544. The molecule has 0 radical (unpaired) electrons. The topological polar surface area (TPSA) is 103 Å². The van der Waals surface area contributed by atoms with E-state index in [1.54, 1.807) is 0 Å². The van der Waals surface area contributed by atoms with Gasteiger partial charge >= 0.3 is 5.97 Å². The summed E-state index contributed by atoms with van der Waals surface area (Å²) in [6.45, 7) is 0. The van der Waals surface area contributed by atoms with Gasteiger partial charge in [-0.05, 0) is 24.3 Å². The zero-order valence-electron chi connectivity index (χ0n) is 9.92. The van der Waals surface area contributed by atoms with Crippen molar-refractivity contribution < 1.29 is 14.7 Å². The molecule has 2 heterocycles. The second kappa shape index (κ2) is 5.28. The minimum absolute atomic E-state index is 0.108. The van der Waals surface area contributed by atoms with Crippen molar-refractivity contribution in [3.05, 3.63) is 29.6 Å². The van der Waals surface area contributed by atoms with E-state index in [0.29, 0.717) is 23.5 Å². The third kappa shape index (κ3) is 2.69. The summed E-state index contributed by atoms with van der Waals surface area (Å²) in [4.78, 5) is 27.1. The lowest BCUT2D eigenvalue weighted by Crippen LogP contribution is -2.54. The van der Waals surface area contributed by atoms with E-state index in [1.165, 1.54) is 30.1 Å². The lowest BCUT2D eigenvalue weighted by atomic mass is 9.99. The Morgan fingerprint density at radius 3 is 2.79 bits per heavy atom. The van der Waals surface area contributed by atoms with Gasteiger partial charge in [0.05, 0.1) is 5.56 Å². The summed E-state index contributed by atoms with van der Waals surface area (Å²) in [6.07, 6.45) is 1.68. The summed E-state index contributed by atoms with van der Waals surface area (Å²) in [5, 5.41) is 20.4. The van der Waals surface area contributed by atoms with E-state index >= 15 is 0 Å². The zero-order valence-corrected chi connectivity index (χ0v) is 10.7. The summed E-state index contributed by atoms with van der Waals surface area (Å²) >= 11 is 1.49. The highest BCUT2D eigenvalue weighted by atomic mass is 32.2. The standard InChI is InChI=1S/C12H11N3O3S/c13-5-8-1-2-9(14-6-8)10(16)15-12(11(17)18)3-4-19-7-12/h1-2,6H,3-4,7H2,(H,15,16)(H,17,18). The molecular formula is C12H11N3O3S. The van der Waals surface area contributed by atoms with E-state index in [2.05, 4.69) is 10.3 Å². The van der Waals surface area contributed by atoms with E-state index in [4.69, 9.17) is 5.26 Å². The number of pyridine rings is 1. The molecule has 19 heavy (non-hydrogen) atoms. The maximum absolute atomic E-state index is 12.0. The molecule has 1 amide bonds. The van der Waals surface area contributed by atoms with Crippen LogP contribution in [0.4, 0.5) is 0 Å². The zero-order chi connectivity index (χ0) is 13.9. The van der Waals surface area contributed by atoms with Crippen LogP contribution >= 0.6 is 11.8 Å². The van der Waals surface area contributed by atoms with Crippen LogP contribution in [0.25, 0.3) is 0 Å². The SMILES string of the molecule is N#Cc1ccc(C(=O)NC2(C(=O)O)CCSC2)nc1. The van der Waals surface area contributed by atoms with Gasteiger partial charge in [-0.15, -0.1) is 0 Å². The summed E-state index contributed by atoms with van der Waals surface area (Å²) in [5.74, 6) is -0.508. The van der Waals surface area contributed by atoms with Crippen molar-refractivity contribution in [3.63, 3.8) is 0 Å². The molecule has 0 spiro atoms. The van der Waals surface area contributed by atoms with Gasteiger partial charge in [0.15, 0.2) is 0 Å². The summed E-state index contributed by atoms with van der Waals surface area (Å²) in [5.41, 5.74) is -0.755. The fraction of sp³-hybridized carbons (Fsp3) is 0.333. The first-order chi connectivity index (χ1) is 9.07. The second-order valence-electron chi connectivity index (χ2n) is 4.19. The van der Waals surface area contributed by atoms with E-state index in [0.717, 1.165) is 0 Å². The Kier molecular flexibility index (Phi) is 3.71. The lowest BCUT2D eigenvalue weighted by Gasteiger charge is -2.24. The summed E-state index contributed by atoms with van der Waals surface area (Å²) in [6, 6.07) is 4.78. The first-order valence-corrected chi connectivity index (χ1v) is 6.73. The maximum Gasteiger partial charge on any atom is 0.330 e. The van der Waals surface area contributed by atoms with E-state index < -0.39 is 17.4 Å². The number of nitrogens with one attached hydrogen (secondary N) is 1. The first-order valence-electron chi connectivity index (χ1n) is 5.57. The van der Waals surface area contributed by atoms with Crippen LogP contribution in [0, 0.1) is 11.3 Å². The number of carboxylic acid groups (broad SMARTS) is 1. The predicted molar refractivity (Wildman–Crippen MR) is 68.7 cm³/mol. The van der Waals surface area contributed by atoms with Crippen LogP contribution in [0.1, 0.15) is 22.5 Å². The highest BCUT2D eigenvalue weighted by molar-refractivity contribution is 7.99. The average molecular weight is 277 g/mol. The monoisotopic (exact) mass is 277 g/mol. The number of aliphatic carboxylic acids is 1. The lowest BCUT2D eigenvalue weighted by molar-refractivity contribution is -0.143. The normalized spacial score (nSPS) is 21.6. The number of carbonyl (C=O) groups is 2. The summed E-state index contributed by atoms with van der Waals surface area (Å²) < 4.78 is 0. The van der Waals surface area contributed by atoms with Gasteiger partial charge in [0.2, 0.25) is 0 Å². The van der Waals surface area contributed by atoms with Gasteiger partial charge < -0.3 is 10.4 Å². The Morgan fingerprint density at radius 2 is 2.32 bits per heavy atom. The third-order valence-corrected chi connectivity index (χ3v) is 4.10. The minimum Gasteiger partial charge on any atom is -0.479 e. The Morgan fingerprint density at radius 1 is 1.53 bits per heavy atom. The van der Waals surface area contributed by atoms with Crippen molar-refractivity contribution in [1.29, 1.82) is 5.26 Å². The van der Waals surface area contributed by atoms with Crippen LogP contribution in [0.5, 0.6) is 0 Å². The Hall–Kier alpha value is -2.07. The quantitative estimate of drug-likeness (QED) is 0.840. The number of carboxylic acids is 1. The molecule has 1 aliphatic heterocycles. The molecule has 1 aliphatic rings. The molecule has 0 aliphatic carbocycles. The van der Waals surface area contributed by atoms with Crippen molar-refractivity contribution in [2.75, 3.05) is 11.5 Å². The van der Waals surface area contributed by atoms with E-state index in [-0.39, 0.29) is 5.69 Å². The van der Waals surface area contributed by atoms with Gasteiger partial charge in [0.1, 0.15) is 17.3 Å². The number of nitriles is 1. The van der Waals surface area contributed by atoms with Crippen molar-refractivity contribution in [2.24, 2.45) is 0 Å². The highest BCUT2D eigenvalue weighted by Gasteiger charge is 2.43. The van der Waals surface area contributed by atoms with Crippen LogP contribution in [0.2, 0.25) is 0 Å². The molecule has 0 bridgehead atoms. The van der Waals surface area contributed by atoms with Crippen LogP contribution < -0.4 is 5.32 Å². The molecule has 6 nitrogen and oxygen atoms in total. The Balaban J connectivity index is 2.15. The van der Waals surface area contributed by atoms with Crippen molar-refractivity contribution in [1.82, 2.24) is 10.3 Å². The fourth-order valence-corrected chi connectivity index (χ4v) is 3.09. The number of aromatic nitrogens is 1. The van der Waals surface area contributed by atoms with Gasteiger partial charge in [-0.3, -0.25) is 4.79 Å². The molecule has 1 aromatic rings. The predicted octanol–water partition coefficient (Wildman–Crippen LogP) is 0.643. The van der Waals surface area contributed by atoms with Gasteiger partial charge in [0, 0.05) is 11.9 Å². The molecule has 1 unspecified atom stereocenters. The van der Waals surface area contributed by atoms with Crippen LogP contribution in [-0.2, 0) is 4.79 Å². The molecule has 1 saturated heterocycles. The molecular weight excluding hydrogens is 266 g/mol. The molecule has 2 rings (SSSR count). The van der Waals surface area contributed by atoms with Gasteiger partial charge in [-0.2, -0.15) is 17.0 Å². The van der Waals surface area contributed by atoms with E-state index in [9.17, 15) is 14.7 Å². The van der Waals surface area contributed by atoms with Gasteiger partial charge in [-0.1, -0.05) is 0 Å². The average Bonchev–Trinajstić information content (AvgIpc) is 2.88. The minimum atomic E-state index is -1.21. The number of rotatable bonds is 3. The number of hydrogen-bond donors (Lipinski definition) is 2. The number of nitrogens with zero attached hydrogens (tertiary/aromatic N) is 2. The number of thioether (sulfide) groups is 1. The van der Waals surface area contributed by atoms with Gasteiger partial charge in [-0.25, -0.2) is 9.78 Å². The second-order valence-corrected chi connectivity index (χ2v) is 5.29. The molecule has 2 N–H and O–H groups in total. The smallest absolute Gasteiger partial charge is 0.330 e. The van der Waals surface area contributed by atoms with Crippen LogP contribution in [-0.4, -0.2) is 39.0 Å². The van der Waals surface area contributed by atoms with Crippen molar-refractivity contribution >= 4 is 23.6 Å². The van der Waals surface area contributed by atoms with Gasteiger partial charge in [0.25, 0.3) is 5.91 Å².